The Morgan fingerprint density at radius 3 is 2.26 bits per heavy atom. The first-order chi connectivity index (χ1) is 14.9. The third-order valence-electron chi connectivity index (χ3n) is 4.85. The largest absolute Gasteiger partial charge is 0.461 e. The number of hydrogen-bond donors (Lipinski definition) is 2. The number of carbonyl (C=O) groups excluding carboxylic acids is 3. The van der Waals surface area contributed by atoms with Crippen molar-refractivity contribution in [1.29, 1.82) is 0 Å². The maximum Gasteiger partial charge on any atom is 0.308 e. The Balaban J connectivity index is 1.65. The van der Waals surface area contributed by atoms with Crippen LogP contribution < -0.4 is 11.1 Å². The first-order valence-electron chi connectivity index (χ1n) is 9.82. The maximum absolute atomic E-state index is 13.0. The van der Waals surface area contributed by atoms with E-state index in [1.54, 1.807) is 24.3 Å². The molecule has 0 bridgehead atoms. The van der Waals surface area contributed by atoms with Gasteiger partial charge in [-0.2, -0.15) is 0 Å². The van der Waals surface area contributed by atoms with Gasteiger partial charge in [-0.15, -0.1) is 11.3 Å². The van der Waals surface area contributed by atoms with Gasteiger partial charge in [0.2, 0.25) is 5.91 Å². The van der Waals surface area contributed by atoms with Crippen LogP contribution in [-0.4, -0.2) is 23.7 Å². The van der Waals surface area contributed by atoms with Crippen LogP contribution in [0.15, 0.2) is 60.7 Å². The molecule has 160 valence electrons. The van der Waals surface area contributed by atoms with E-state index in [0.29, 0.717) is 16.1 Å². The molecule has 3 aromatic rings. The Kier molecular flexibility index (Phi) is 7.33. The number of carbonyl (C=O) groups is 3. The minimum atomic E-state index is -1.09. The van der Waals surface area contributed by atoms with Crippen molar-refractivity contribution in [1.82, 2.24) is 0 Å². The summed E-state index contributed by atoms with van der Waals surface area (Å²) in [4.78, 5) is 38.6. The van der Waals surface area contributed by atoms with Crippen molar-refractivity contribution in [3.8, 4) is 0 Å². The molecule has 0 aliphatic carbocycles. The Morgan fingerprint density at radius 1 is 1.00 bits per heavy atom. The SMILES string of the molecule is Cc1sc(NC(=O)C(N)CC(=O)OCc2ccccc2)c(C(=O)c2ccccc2)c1C. The van der Waals surface area contributed by atoms with Crippen LogP contribution in [0.5, 0.6) is 0 Å². The number of anilines is 1. The lowest BCUT2D eigenvalue weighted by Crippen LogP contribution is -2.38. The van der Waals surface area contributed by atoms with Crippen molar-refractivity contribution < 1.29 is 19.1 Å². The van der Waals surface area contributed by atoms with E-state index in [0.717, 1.165) is 16.0 Å². The monoisotopic (exact) mass is 436 g/mol. The quantitative estimate of drug-likeness (QED) is 0.411. The van der Waals surface area contributed by atoms with Crippen molar-refractivity contribution in [3.05, 3.63) is 87.8 Å². The fourth-order valence-electron chi connectivity index (χ4n) is 3.00. The second kappa shape index (κ2) is 10.1. The molecule has 6 nitrogen and oxygen atoms in total. The molecular weight excluding hydrogens is 412 g/mol. The molecule has 7 heteroatoms. The van der Waals surface area contributed by atoms with Gasteiger partial charge < -0.3 is 15.8 Å². The number of nitrogens with two attached hydrogens (primary N) is 1. The fraction of sp³-hybridized carbons (Fsp3) is 0.208. The molecule has 1 unspecified atom stereocenters. The first kappa shape index (κ1) is 22.4. The molecule has 2 aromatic carbocycles. The van der Waals surface area contributed by atoms with Crippen LogP contribution in [0.2, 0.25) is 0 Å². The molecule has 0 fully saturated rings. The van der Waals surface area contributed by atoms with Crippen LogP contribution in [0, 0.1) is 13.8 Å². The van der Waals surface area contributed by atoms with Gasteiger partial charge in [0.25, 0.3) is 0 Å². The zero-order valence-electron chi connectivity index (χ0n) is 17.4. The summed E-state index contributed by atoms with van der Waals surface area (Å²) in [5.41, 5.74) is 8.56. The van der Waals surface area contributed by atoms with E-state index in [1.807, 2.05) is 50.2 Å². The van der Waals surface area contributed by atoms with Gasteiger partial charge in [-0.25, -0.2) is 0 Å². The van der Waals surface area contributed by atoms with Crippen LogP contribution in [0.3, 0.4) is 0 Å². The number of benzene rings is 2. The van der Waals surface area contributed by atoms with Gasteiger partial charge in [-0.1, -0.05) is 60.7 Å². The van der Waals surface area contributed by atoms with Crippen LogP contribution in [-0.2, 0) is 20.9 Å². The molecule has 1 amide bonds. The summed E-state index contributed by atoms with van der Waals surface area (Å²) < 4.78 is 5.19. The zero-order chi connectivity index (χ0) is 22.4. The summed E-state index contributed by atoms with van der Waals surface area (Å²) in [7, 11) is 0. The van der Waals surface area contributed by atoms with E-state index in [9.17, 15) is 14.4 Å². The van der Waals surface area contributed by atoms with Gasteiger partial charge in [0.1, 0.15) is 11.6 Å². The van der Waals surface area contributed by atoms with E-state index < -0.39 is 17.9 Å². The highest BCUT2D eigenvalue weighted by Crippen LogP contribution is 2.34. The molecule has 1 aromatic heterocycles. The Hall–Kier alpha value is -3.29. The third kappa shape index (κ3) is 5.65. The number of amides is 1. The molecule has 0 saturated carbocycles. The van der Waals surface area contributed by atoms with Gasteiger partial charge in [0.05, 0.1) is 18.0 Å². The van der Waals surface area contributed by atoms with Gasteiger partial charge in [-0.3, -0.25) is 14.4 Å². The number of ketones is 1. The number of nitrogens with one attached hydrogen (secondary N) is 1. The van der Waals surface area contributed by atoms with Crippen LogP contribution in [0.4, 0.5) is 5.00 Å². The molecule has 0 radical (unpaired) electrons. The highest BCUT2D eigenvalue weighted by Gasteiger charge is 2.25. The minimum Gasteiger partial charge on any atom is -0.461 e. The molecule has 0 saturated heterocycles. The second-order valence-corrected chi connectivity index (χ2v) is 8.35. The molecule has 0 spiro atoms. The van der Waals surface area contributed by atoms with Crippen molar-refractivity contribution >= 4 is 34.0 Å². The molecule has 0 aliphatic heterocycles. The predicted molar refractivity (Wildman–Crippen MR) is 121 cm³/mol. The zero-order valence-corrected chi connectivity index (χ0v) is 18.2. The predicted octanol–water partition coefficient (Wildman–Crippen LogP) is 4.00. The minimum absolute atomic E-state index is 0.118. The number of thiophene rings is 1. The van der Waals surface area contributed by atoms with Gasteiger partial charge in [0, 0.05) is 10.4 Å². The summed E-state index contributed by atoms with van der Waals surface area (Å²) in [6.07, 6.45) is -0.260. The number of ether oxygens (including phenoxy) is 1. The Bertz CT molecular complexity index is 1080. The van der Waals surface area contributed by atoms with E-state index in [1.165, 1.54) is 11.3 Å². The molecule has 0 aliphatic rings. The molecule has 31 heavy (non-hydrogen) atoms. The van der Waals surface area contributed by atoms with E-state index in [4.69, 9.17) is 10.5 Å². The maximum atomic E-state index is 13.0. The van der Waals surface area contributed by atoms with E-state index >= 15 is 0 Å². The number of hydrogen-bond acceptors (Lipinski definition) is 6. The molecule has 1 atom stereocenters. The van der Waals surface area contributed by atoms with E-state index in [-0.39, 0.29) is 18.8 Å². The van der Waals surface area contributed by atoms with Gasteiger partial charge in [-0.05, 0) is 25.0 Å². The molecule has 1 heterocycles. The van der Waals surface area contributed by atoms with Crippen LogP contribution in [0.25, 0.3) is 0 Å². The highest BCUT2D eigenvalue weighted by molar-refractivity contribution is 7.16. The smallest absolute Gasteiger partial charge is 0.308 e. The van der Waals surface area contributed by atoms with E-state index in [2.05, 4.69) is 5.32 Å². The lowest BCUT2D eigenvalue weighted by molar-refractivity contribution is -0.146. The average Bonchev–Trinajstić information content (AvgIpc) is 3.06. The van der Waals surface area contributed by atoms with Crippen molar-refractivity contribution in [2.75, 3.05) is 5.32 Å². The van der Waals surface area contributed by atoms with Gasteiger partial charge >= 0.3 is 5.97 Å². The summed E-state index contributed by atoms with van der Waals surface area (Å²) in [6.45, 7) is 3.85. The summed E-state index contributed by atoms with van der Waals surface area (Å²) >= 11 is 1.31. The summed E-state index contributed by atoms with van der Waals surface area (Å²) in [5.74, 6) is -1.28. The Morgan fingerprint density at radius 2 is 1.61 bits per heavy atom. The topological polar surface area (TPSA) is 98.5 Å². The lowest BCUT2D eigenvalue weighted by Gasteiger charge is -2.12. The Labute approximate surface area is 185 Å². The third-order valence-corrected chi connectivity index (χ3v) is 5.97. The van der Waals surface area contributed by atoms with Gasteiger partial charge in [0.15, 0.2) is 5.78 Å². The standard InChI is InChI=1S/C24H24N2O4S/c1-15-16(2)31-24(21(15)22(28)18-11-7-4-8-12-18)26-23(29)19(25)13-20(27)30-14-17-9-5-3-6-10-17/h3-12,19H,13-14,25H2,1-2H3,(H,26,29). The van der Waals surface area contributed by atoms with Crippen LogP contribution >= 0.6 is 11.3 Å². The first-order valence-corrected chi connectivity index (χ1v) is 10.6. The fourth-order valence-corrected chi connectivity index (χ4v) is 4.06. The second-order valence-electron chi connectivity index (χ2n) is 7.13. The number of rotatable bonds is 8. The lowest BCUT2D eigenvalue weighted by atomic mass is 10.0. The summed E-state index contributed by atoms with van der Waals surface area (Å²) in [5, 5.41) is 3.16. The summed E-state index contributed by atoms with van der Waals surface area (Å²) in [6, 6.07) is 17.0. The van der Waals surface area contributed by atoms with Crippen molar-refractivity contribution in [2.24, 2.45) is 5.73 Å². The molecule has 3 N–H and O–H groups in total. The average molecular weight is 437 g/mol. The molecular formula is C24H24N2O4S. The van der Waals surface area contributed by atoms with Crippen molar-refractivity contribution in [3.63, 3.8) is 0 Å². The molecule has 3 rings (SSSR count). The number of esters is 1. The highest BCUT2D eigenvalue weighted by atomic mass is 32.1. The van der Waals surface area contributed by atoms with Crippen LogP contribution in [0.1, 0.15) is 38.3 Å². The number of aryl methyl sites for hydroxylation is 1. The van der Waals surface area contributed by atoms with Crippen molar-refractivity contribution in [2.45, 2.75) is 32.9 Å². The normalized spacial score (nSPS) is 11.6.